The highest BCUT2D eigenvalue weighted by atomic mass is 127. The van der Waals surface area contributed by atoms with Crippen LogP contribution < -0.4 is 0 Å². The minimum absolute atomic E-state index is 0.122. The van der Waals surface area contributed by atoms with E-state index in [-0.39, 0.29) is 9.53 Å². The lowest BCUT2D eigenvalue weighted by Crippen LogP contribution is -2.30. The smallest absolute Gasteiger partial charge is 0.0949 e. The van der Waals surface area contributed by atoms with Crippen LogP contribution in [0.1, 0.15) is 40.0 Å². The molecular weight excluding hydrogens is 413 g/mol. The van der Waals surface area contributed by atoms with Gasteiger partial charge in [-0.2, -0.15) is 0 Å². The Hall–Kier alpha value is -0.270. The molecular formula is C19H32IN3O. The summed E-state index contributed by atoms with van der Waals surface area (Å²) in [6.45, 7) is 13.6. The highest BCUT2D eigenvalue weighted by molar-refractivity contribution is 14.1. The molecule has 2 unspecified atom stereocenters. The molecule has 0 radical (unpaired) electrons. The fourth-order valence-electron chi connectivity index (χ4n) is 3.93. The summed E-state index contributed by atoms with van der Waals surface area (Å²) in [7, 11) is 0. The molecule has 0 aromatic rings. The van der Waals surface area contributed by atoms with Crippen LogP contribution in [-0.2, 0) is 0 Å². The van der Waals surface area contributed by atoms with E-state index in [1.807, 2.05) is 0 Å². The molecule has 0 bridgehead atoms. The van der Waals surface area contributed by atoms with Crippen molar-refractivity contribution >= 4 is 22.6 Å². The van der Waals surface area contributed by atoms with Crippen molar-refractivity contribution in [2.24, 2.45) is 0 Å². The number of nitrogens with zero attached hydrogens (tertiary/aromatic N) is 3. The fourth-order valence-corrected chi connectivity index (χ4v) is 4.35. The van der Waals surface area contributed by atoms with Gasteiger partial charge in [0.05, 0.1) is 12.1 Å². The molecule has 0 spiro atoms. The first kappa shape index (κ1) is 18.5. The first-order valence-electron chi connectivity index (χ1n) is 9.39. The van der Waals surface area contributed by atoms with E-state index in [9.17, 15) is 5.11 Å². The molecule has 5 heteroatoms. The molecule has 0 aromatic heterocycles. The summed E-state index contributed by atoms with van der Waals surface area (Å²) < 4.78 is 0.122. The number of likely N-dealkylation sites (N-methyl/N-ethyl adjacent to an activating group) is 1. The van der Waals surface area contributed by atoms with Gasteiger partial charge in [-0.25, -0.2) is 0 Å². The molecule has 2 saturated heterocycles. The van der Waals surface area contributed by atoms with Gasteiger partial charge in [-0.1, -0.05) is 43.4 Å². The number of hydrogen-bond acceptors (Lipinski definition) is 4. The third-order valence-corrected chi connectivity index (χ3v) is 5.84. The number of aliphatic hydroxyl groups is 1. The number of hydrogen-bond donors (Lipinski definition) is 1. The Kier molecular flexibility index (Phi) is 5.82. The van der Waals surface area contributed by atoms with Crippen LogP contribution in [0.3, 0.4) is 0 Å². The summed E-state index contributed by atoms with van der Waals surface area (Å²) >= 11 is 2.43. The van der Waals surface area contributed by atoms with E-state index < -0.39 is 0 Å². The van der Waals surface area contributed by atoms with Crippen LogP contribution in [-0.4, -0.2) is 74.6 Å². The largest absolute Gasteiger partial charge is 0.387 e. The Morgan fingerprint density at radius 2 is 2.04 bits per heavy atom. The van der Waals surface area contributed by atoms with E-state index in [0.29, 0.717) is 6.04 Å². The minimum Gasteiger partial charge on any atom is -0.387 e. The molecule has 136 valence electrons. The molecule has 2 fully saturated rings. The average molecular weight is 445 g/mol. The van der Waals surface area contributed by atoms with Gasteiger partial charge in [-0.3, -0.25) is 0 Å². The van der Waals surface area contributed by atoms with Gasteiger partial charge in [0.1, 0.15) is 0 Å². The van der Waals surface area contributed by atoms with Crippen molar-refractivity contribution in [2.75, 3.05) is 39.3 Å². The quantitative estimate of drug-likeness (QED) is 0.401. The van der Waals surface area contributed by atoms with Crippen LogP contribution >= 0.6 is 22.6 Å². The van der Waals surface area contributed by atoms with E-state index in [4.69, 9.17) is 0 Å². The lowest BCUT2D eigenvalue weighted by Gasteiger charge is -2.25. The lowest BCUT2D eigenvalue weighted by atomic mass is 10.0. The molecule has 0 amide bonds. The first-order chi connectivity index (χ1) is 11.4. The van der Waals surface area contributed by atoms with Crippen LogP contribution in [0, 0.1) is 0 Å². The zero-order valence-electron chi connectivity index (χ0n) is 15.3. The van der Waals surface area contributed by atoms with Gasteiger partial charge in [0.15, 0.2) is 0 Å². The van der Waals surface area contributed by atoms with Gasteiger partial charge in [0.2, 0.25) is 0 Å². The van der Waals surface area contributed by atoms with Crippen molar-refractivity contribution < 1.29 is 5.11 Å². The number of aliphatic hydroxyl groups excluding tert-OH is 1. The number of halogens is 1. The van der Waals surface area contributed by atoms with Crippen LogP contribution in [0.2, 0.25) is 0 Å². The Morgan fingerprint density at radius 3 is 2.75 bits per heavy atom. The van der Waals surface area contributed by atoms with Gasteiger partial charge in [0, 0.05) is 47.4 Å². The molecule has 1 N–H and O–H groups in total. The number of alkyl halides is 1. The molecule has 0 aromatic carbocycles. The summed E-state index contributed by atoms with van der Waals surface area (Å²) in [6.07, 6.45) is 7.32. The van der Waals surface area contributed by atoms with Crippen molar-refractivity contribution in [3.63, 3.8) is 0 Å². The van der Waals surface area contributed by atoms with E-state index >= 15 is 0 Å². The second kappa shape index (κ2) is 7.54. The molecule has 2 atom stereocenters. The van der Waals surface area contributed by atoms with Crippen molar-refractivity contribution in [1.29, 1.82) is 0 Å². The summed E-state index contributed by atoms with van der Waals surface area (Å²) in [4.78, 5) is 7.53. The molecule has 24 heavy (non-hydrogen) atoms. The van der Waals surface area contributed by atoms with E-state index in [1.165, 1.54) is 31.8 Å². The maximum atomic E-state index is 10.7. The molecule has 4 nitrogen and oxygen atoms in total. The summed E-state index contributed by atoms with van der Waals surface area (Å²) in [6, 6.07) is 0.600. The molecule has 3 heterocycles. The van der Waals surface area contributed by atoms with Crippen molar-refractivity contribution in [3.8, 4) is 0 Å². The Labute approximate surface area is 160 Å². The normalized spacial score (nSPS) is 27.0. The van der Waals surface area contributed by atoms with Gasteiger partial charge < -0.3 is 19.8 Å². The Bertz CT molecular complexity index is 511. The van der Waals surface area contributed by atoms with Crippen LogP contribution in [0.5, 0.6) is 0 Å². The highest BCUT2D eigenvalue weighted by Crippen LogP contribution is 2.37. The molecule has 0 saturated carbocycles. The molecule has 3 aliphatic heterocycles. The van der Waals surface area contributed by atoms with Crippen molar-refractivity contribution in [1.82, 2.24) is 14.7 Å². The van der Waals surface area contributed by atoms with Gasteiger partial charge in [-0.15, -0.1) is 0 Å². The zero-order valence-corrected chi connectivity index (χ0v) is 17.5. The van der Waals surface area contributed by atoms with Crippen LogP contribution in [0.4, 0.5) is 0 Å². The third kappa shape index (κ3) is 4.67. The second-order valence-corrected chi connectivity index (χ2v) is 10.9. The average Bonchev–Trinajstić information content (AvgIpc) is 3.27. The number of allylic oxidation sites excluding steroid dienone is 2. The van der Waals surface area contributed by atoms with Crippen molar-refractivity contribution in [3.05, 3.63) is 23.5 Å². The van der Waals surface area contributed by atoms with E-state index in [0.717, 1.165) is 38.2 Å². The molecule has 3 rings (SSSR count). The first-order valence-corrected chi connectivity index (χ1v) is 10.5. The fraction of sp³-hybridized carbons (Fsp3) is 0.789. The summed E-state index contributed by atoms with van der Waals surface area (Å²) in [5.74, 6) is 0. The Morgan fingerprint density at radius 1 is 1.25 bits per heavy atom. The predicted octanol–water partition coefficient (Wildman–Crippen LogP) is 2.83. The highest BCUT2D eigenvalue weighted by Gasteiger charge is 2.41. The van der Waals surface area contributed by atoms with Gasteiger partial charge >= 0.3 is 0 Å². The van der Waals surface area contributed by atoms with Crippen LogP contribution in [0.25, 0.3) is 0 Å². The minimum atomic E-state index is -0.350. The third-order valence-electron chi connectivity index (χ3n) is 5.40. The summed E-state index contributed by atoms with van der Waals surface area (Å²) in [5.41, 5.74) is 2.60. The number of fused-ring (bicyclic) bond motifs is 1. The monoisotopic (exact) mass is 445 g/mol. The predicted molar refractivity (Wildman–Crippen MR) is 108 cm³/mol. The van der Waals surface area contributed by atoms with Crippen LogP contribution in [0.15, 0.2) is 23.5 Å². The lowest BCUT2D eigenvalue weighted by molar-refractivity contribution is 0.171. The standard InChI is InChI=1S/C19H32IN3O/c1-4-21-8-5-9-22(11-10-21)15-6-7-17(23-14-16(23)12-15)18(24)13-19(2,3)20/h6-7,16,18,24H,4-5,8-14H2,1-3H3. The maximum absolute atomic E-state index is 10.7. The van der Waals surface area contributed by atoms with Crippen molar-refractivity contribution in [2.45, 2.75) is 55.6 Å². The molecule has 3 aliphatic rings. The van der Waals surface area contributed by atoms with Gasteiger partial charge in [-0.05, 0) is 38.1 Å². The Balaban J connectivity index is 1.69. The zero-order chi connectivity index (χ0) is 17.3. The summed E-state index contributed by atoms with van der Waals surface area (Å²) in [5, 5.41) is 10.7. The van der Waals surface area contributed by atoms with E-state index in [1.54, 1.807) is 0 Å². The van der Waals surface area contributed by atoms with E-state index in [2.05, 4.69) is 70.2 Å². The second-order valence-electron chi connectivity index (χ2n) is 7.97. The molecule has 0 aliphatic carbocycles. The topological polar surface area (TPSA) is 29.7 Å². The SMILES string of the molecule is CCN1CCCN(C2=CC=C(C(O)CC(C)(C)I)N3CC3C2)CC1. The number of rotatable bonds is 5. The maximum Gasteiger partial charge on any atom is 0.0949 e. The van der Waals surface area contributed by atoms with Gasteiger partial charge in [0.25, 0.3) is 0 Å².